The standard InChI is InChI=1S/C15H18N4O4S/c16-13(20)12-7-15(8-19(12)24(22,23)18-9-5-6-9)10-3-1-2-4-11(10)17-14(15)21/h1-4,9,12,18H,5-8H2,(H2,16,20)(H,17,21)/t12-,15-/m0/s1. The number of hydrogen-bond acceptors (Lipinski definition) is 4. The van der Waals surface area contributed by atoms with Crippen molar-refractivity contribution in [1.82, 2.24) is 9.03 Å². The first-order valence-electron chi connectivity index (χ1n) is 7.83. The van der Waals surface area contributed by atoms with Crippen molar-refractivity contribution in [3.63, 3.8) is 0 Å². The molecule has 0 aromatic heterocycles. The van der Waals surface area contributed by atoms with Crippen molar-refractivity contribution >= 4 is 27.7 Å². The molecule has 2 aliphatic heterocycles. The fourth-order valence-corrected chi connectivity index (χ4v) is 5.28. The largest absolute Gasteiger partial charge is 0.368 e. The number of fused-ring (bicyclic) bond motifs is 2. The Bertz CT molecular complexity index is 836. The topological polar surface area (TPSA) is 122 Å². The molecule has 128 valence electrons. The van der Waals surface area contributed by atoms with Crippen molar-refractivity contribution in [2.75, 3.05) is 11.9 Å². The molecule has 2 amide bonds. The molecule has 4 N–H and O–H groups in total. The maximum Gasteiger partial charge on any atom is 0.280 e. The number of anilines is 1. The molecular weight excluding hydrogens is 332 g/mol. The number of amides is 2. The van der Waals surface area contributed by atoms with Gasteiger partial charge in [0.25, 0.3) is 10.2 Å². The van der Waals surface area contributed by atoms with Gasteiger partial charge in [-0.05, 0) is 30.9 Å². The highest BCUT2D eigenvalue weighted by Crippen LogP contribution is 2.47. The van der Waals surface area contributed by atoms with Gasteiger partial charge in [-0.1, -0.05) is 18.2 Å². The molecule has 0 unspecified atom stereocenters. The summed E-state index contributed by atoms with van der Waals surface area (Å²) >= 11 is 0. The van der Waals surface area contributed by atoms with Gasteiger partial charge in [0.15, 0.2) is 0 Å². The van der Waals surface area contributed by atoms with Crippen molar-refractivity contribution < 1.29 is 18.0 Å². The molecule has 24 heavy (non-hydrogen) atoms. The Kier molecular flexibility index (Phi) is 3.25. The SMILES string of the molecule is NC(=O)[C@@H]1C[C@@]2(CN1S(=O)(=O)NC1CC1)C(=O)Nc1ccccc12. The first-order valence-corrected chi connectivity index (χ1v) is 9.27. The molecule has 1 saturated carbocycles. The van der Waals surface area contributed by atoms with E-state index in [-0.39, 0.29) is 24.9 Å². The summed E-state index contributed by atoms with van der Waals surface area (Å²) < 4.78 is 28.9. The Hall–Kier alpha value is -1.97. The highest BCUT2D eigenvalue weighted by molar-refractivity contribution is 7.87. The quantitative estimate of drug-likeness (QED) is 0.673. The molecule has 9 heteroatoms. The lowest BCUT2D eigenvalue weighted by Crippen LogP contribution is -2.49. The van der Waals surface area contributed by atoms with Gasteiger partial charge in [-0.15, -0.1) is 0 Å². The molecule has 2 fully saturated rings. The summed E-state index contributed by atoms with van der Waals surface area (Å²) in [6, 6.07) is 6.00. The molecule has 1 spiro atoms. The summed E-state index contributed by atoms with van der Waals surface area (Å²) in [4.78, 5) is 24.5. The van der Waals surface area contributed by atoms with Crippen LogP contribution < -0.4 is 15.8 Å². The van der Waals surface area contributed by atoms with Gasteiger partial charge in [-0.2, -0.15) is 17.4 Å². The molecule has 1 aromatic rings. The number of nitrogens with zero attached hydrogens (tertiary/aromatic N) is 1. The third kappa shape index (κ3) is 2.23. The predicted octanol–water partition coefficient (Wildman–Crippen LogP) is -0.567. The van der Waals surface area contributed by atoms with E-state index in [1.807, 2.05) is 0 Å². The van der Waals surface area contributed by atoms with Crippen LogP contribution >= 0.6 is 0 Å². The zero-order valence-electron chi connectivity index (χ0n) is 12.9. The Morgan fingerprint density at radius 2 is 2.04 bits per heavy atom. The smallest absolute Gasteiger partial charge is 0.280 e. The molecule has 8 nitrogen and oxygen atoms in total. The van der Waals surface area contributed by atoms with Crippen molar-refractivity contribution in [2.24, 2.45) is 5.73 Å². The molecule has 1 aliphatic carbocycles. The molecular formula is C15H18N4O4S. The van der Waals surface area contributed by atoms with E-state index < -0.39 is 27.6 Å². The second-order valence-electron chi connectivity index (χ2n) is 6.65. The molecule has 0 radical (unpaired) electrons. The maximum absolute atomic E-state index is 12.6. The van der Waals surface area contributed by atoms with Crippen LogP contribution in [0.4, 0.5) is 5.69 Å². The predicted molar refractivity (Wildman–Crippen MR) is 86.1 cm³/mol. The number of carbonyl (C=O) groups is 2. The third-order valence-electron chi connectivity index (χ3n) is 4.97. The van der Waals surface area contributed by atoms with E-state index in [1.165, 1.54) is 0 Å². The van der Waals surface area contributed by atoms with Crippen molar-refractivity contribution in [2.45, 2.75) is 36.8 Å². The van der Waals surface area contributed by atoms with Crippen molar-refractivity contribution in [1.29, 1.82) is 0 Å². The number of carbonyl (C=O) groups excluding carboxylic acids is 2. The second-order valence-corrected chi connectivity index (χ2v) is 8.30. The lowest BCUT2D eigenvalue weighted by molar-refractivity contribution is -0.121. The van der Waals surface area contributed by atoms with Gasteiger partial charge >= 0.3 is 0 Å². The van der Waals surface area contributed by atoms with Gasteiger partial charge < -0.3 is 11.1 Å². The van der Waals surface area contributed by atoms with Crippen LogP contribution in [0.1, 0.15) is 24.8 Å². The highest BCUT2D eigenvalue weighted by atomic mass is 32.2. The summed E-state index contributed by atoms with van der Waals surface area (Å²) in [5, 5.41) is 2.78. The number of rotatable bonds is 4. The van der Waals surface area contributed by atoms with E-state index >= 15 is 0 Å². The summed E-state index contributed by atoms with van der Waals surface area (Å²) in [5.41, 5.74) is 5.73. The second kappa shape index (κ2) is 5.01. The number of para-hydroxylation sites is 1. The molecule has 3 aliphatic rings. The van der Waals surface area contributed by atoms with Crippen LogP contribution in [-0.2, 0) is 25.2 Å². The Balaban J connectivity index is 1.75. The number of hydrogen-bond donors (Lipinski definition) is 3. The van der Waals surface area contributed by atoms with Crippen LogP contribution in [0.2, 0.25) is 0 Å². The lowest BCUT2D eigenvalue weighted by atomic mass is 9.79. The van der Waals surface area contributed by atoms with E-state index in [4.69, 9.17) is 5.73 Å². The summed E-state index contributed by atoms with van der Waals surface area (Å²) in [6.07, 6.45) is 1.61. The Morgan fingerprint density at radius 1 is 1.33 bits per heavy atom. The Morgan fingerprint density at radius 3 is 2.71 bits per heavy atom. The third-order valence-corrected chi connectivity index (χ3v) is 6.60. The van der Waals surface area contributed by atoms with Gasteiger partial charge in [0.1, 0.15) is 6.04 Å². The lowest BCUT2D eigenvalue weighted by Gasteiger charge is -2.23. The minimum absolute atomic E-state index is 0.0523. The minimum Gasteiger partial charge on any atom is -0.368 e. The molecule has 2 atom stereocenters. The van der Waals surface area contributed by atoms with E-state index in [2.05, 4.69) is 10.0 Å². The molecule has 1 saturated heterocycles. The molecule has 4 rings (SSSR count). The average molecular weight is 350 g/mol. The highest BCUT2D eigenvalue weighted by Gasteiger charge is 2.58. The fraction of sp³-hybridized carbons (Fsp3) is 0.467. The molecule has 0 bridgehead atoms. The van der Waals surface area contributed by atoms with E-state index in [0.717, 1.165) is 17.1 Å². The zero-order valence-corrected chi connectivity index (χ0v) is 13.7. The van der Waals surface area contributed by atoms with Crippen LogP contribution in [0.25, 0.3) is 0 Å². The minimum atomic E-state index is -3.88. The average Bonchev–Trinajstić information content (AvgIpc) is 3.14. The van der Waals surface area contributed by atoms with E-state index in [0.29, 0.717) is 11.3 Å². The normalized spacial score (nSPS) is 29.7. The molecule has 1 aromatic carbocycles. The van der Waals surface area contributed by atoms with Gasteiger partial charge in [-0.25, -0.2) is 0 Å². The Labute approximate surface area is 139 Å². The van der Waals surface area contributed by atoms with Gasteiger partial charge in [0.2, 0.25) is 11.8 Å². The van der Waals surface area contributed by atoms with Crippen molar-refractivity contribution in [3.8, 4) is 0 Å². The summed E-state index contributed by atoms with van der Waals surface area (Å²) in [7, 11) is -3.88. The zero-order chi connectivity index (χ0) is 17.1. The van der Waals surface area contributed by atoms with E-state index in [1.54, 1.807) is 24.3 Å². The monoisotopic (exact) mass is 350 g/mol. The van der Waals surface area contributed by atoms with Crippen LogP contribution in [0.3, 0.4) is 0 Å². The van der Waals surface area contributed by atoms with Gasteiger partial charge in [-0.3, -0.25) is 9.59 Å². The maximum atomic E-state index is 12.6. The molecule has 2 heterocycles. The van der Waals surface area contributed by atoms with Crippen LogP contribution in [0, 0.1) is 0 Å². The van der Waals surface area contributed by atoms with Crippen molar-refractivity contribution in [3.05, 3.63) is 29.8 Å². The number of benzene rings is 1. The van der Waals surface area contributed by atoms with Crippen LogP contribution in [0.15, 0.2) is 24.3 Å². The van der Waals surface area contributed by atoms with E-state index in [9.17, 15) is 18.0 Å². The van der Waals surface area contributed by atoms with Crippen LogP contribution in [0.5, 0.6) is 0 Å². The van der Waals surface area contributed by atoms with Gasteiger partial charge in [0.05, 0.1) is 5.41 Å². The van der Waals surface area contributed by atoms with Crippen LogP contribution in [-0.4, -0.2) is 43.2 Å². The number of nitrogens with two attached hydrogens (primary N) is 1. The van der Waals surface area contributed by atoms with Gasteiger partial charge in [0, 0.05) is 18.3 Å². The number of nitrogens with one attached hydrogen (secondary N) is 2. The number of primary amides is 1. The summed E-state index contributed by atoms with van der Waals surface area (Å²) in [6.45, 7) is -0.0918. The fourth-order valence-electron chi connectivity index (χ4n) is 3.58. The first-order chi connectivity index (χ1) is 11.3. The summed E-state index contributed by atoms with van der Waals surface area (Å²) in [5.74, 6) is -1.04. The first kappa shape index (κ1) is 15.6.